The lowest BCUT2D eigenvalue weighted by Gasteiger charge is -2.58. The van der Waals surface area contributed by atoms with Crippen LogP contribution in [0.1, 0.15) is 144 Å². The number of hydrogen-bond donors (Lipinski definition) is 3. The maximum absolute atomic E-state index is 14.2. The Hall–Kier alpha value is -5.52. The van der Waals surface area contributed by atoms with E-state index in [4.69, 9.17) is 23.7 Å². The Morgan fingerprint density at radius 1 is 0.884 bits per heavy atom. The molecule has 9 rings (SSSR count). The quantitative estimate of drug-likeness (QED) is 0.0849. The fourth-order valence-corrected chi connectivity index (χ4v) is 13.5. The Morgan fingerprint density at radius 3 is 2.26 bits per heavy atom. The molecule has 3 N–H and O–H groups in total. The van der Waals surface area contributed by atoms with E-state index in [2.05, 4.69) is 39.1 Å². The van der Waals surface area contributed by atoms with E-state index in [0.717, 1.165) is 30.6 Å². The second kappa shape index (κ2) is 18.0. The minimum atomic E-state index is -1.55. The highest BCUT2D eigenvalue weighted by Gasteiger charge is 2.59. The molecule has 12 heteroatoms. The lowest BCUT2D eigenvalue weighted by molar-refractivity contribution is -0.160. The molecule has 5 aliphatic carbocycles. The maximum atomic E-state index is 14.2. The molecular formula is C57H71NO11. The number of nitrogens with one attached hydrogen (secondary N) is 1. The number of alkyl carbamates (subject to hydrolysis) is 1. The third kappa shape index (κ3) is 8.87. The topological polar surface area (TPSA) is 167 Å². The van der Waals surface area contributed by atoms with Crippen molar-refractivity contribution in [1.29, 1.82) is 0 Å². The molecule has 9 atom stereocenters. The summed E-state index contributed by atoms with van der Waals surface area (Å²) in [5.41, 5.74) is -0.560. The number of rotatable bonds is 11. The number of fused-ring (bicyclic) bond motifs is 10. The van der Waals surface area contributed by atoms with Crippen molar-refractivity contribution in [3.8, 4) is 23.0 Å². The normalized spacial score (nSPS) is 30.8. The highest BCUT2D eigenvalue weighted by Crippen LogP contribution is 2.67. The number of carbonyl (C=O) groups excluding carboxylic acids is 4. The van der Waals surface area contributed by atoms with Crippen molar-refractivity contribution in [2.24, 2.45) is 45.8 Å². The van der Waals surface area contributed by atoms with E-state index in [-0.39, 0.29) is 34.0 Å². The van der Waals surface area contributed by atoms with Crippen LogP contribution in [0.5, 0.6) is 23.0 Å². The van der Waals surface area contributed by atoms with Gasteiger partial charge in [-0.25, -0.2) is 14.4 Å². The van der Waals surface area contributed by atoms with Crippen LogP contribution in [-0.4, -0.2) is 58.6 Å². The fourth-order valence-electron chi connectivity index (χ4n) is 13.5. The Bertz CT molecular complexity index is 2480. The van der Waals surface area contributed by atoms with Crippen molar-refractivity contribution in [2.45, 2.75) is 156 Å². The first-order valence-corrected chi connectivity index (χ1v) is 25.4. The summed E-state index contributed by atoms with van der Waals surface area (Å²) >= 11 is 0. The zero-order valence-corrected chi connectivity index (χ0v) is 41.7. The van der Waals surface area contributed by atoms with Gasteiger partial charge in [-0.2, -0.15) is 0 Å². The van der Waals surface area contributed by atoms with Crippen LogP contribution < -0.4 is 10.1 Å². The molecule has 12 nitrogen and oxygen atoms in total. The van der Waals surface area contributed by atoms with Crippen molar-refractivity contribution in [3.05, 3.63) is 94.6 Å². The first-order chi connectivity index (χ1) is 32.6. The van der Waals surface area contributed by atoms with Gasteiger partial charge in [0.25, 0.3) is 0 Å². The number of amides is 1. The van der Waals surface area contributed by atoms with E-state index in [1.54, 1.807) is 52.0 Å². The summed E-state index contributed by atoms with van der Waals surface area (Å²) in [4.78, 5) is 55.3. The molecule has 2 aliphatic heterocycles. The van der Waals surface area contributed by atoms with E-state index < -0.39 is 59.4 Å². The van der Waals surface area contributed by atoms with Crippen molar-refractivity contribution in [3.63, 3.8) is 0 Å². The highest BCUT2D eigenvalue weighted by molar-refractivity contribution is 5.99. The van der Waals surface area contributed by atoms with Crippen LogP contribution in [0.2, 0.25) is 0 Å². The summed E-state index contributed by atoms with van der Waals surface area (Å²) in [6.07, 6.45) is 21.4. The zero-order valence-electron chi connectivity index (χ0n) is 41.7. The number of benzene rings is 2. The molecule has 0 saturated heterocycles. The molecule has 3 saturated carbocycles. The average Bonchev–Trinajstić information content (AvgIpc) is 3.68. The molecule has 0 bridgehead atoms. The molecule has 2 heterocycles. The minimum absolute atomic E-state index is 0.0519. The van der Waals surface area contributed by atoms with Gasteiger partial charge in [0.2, 0.25) is 0 Å². The molecule has 3 fully saturated rings. The number of hydrogen-bond acceptors (Lipinski definition) is 11. The van der Waals surface area contributed by atoms with E-state index in [1.807, 2.05) is 0 Å². The molecule has 69 heavy (non-hydrogen) atoms. The smallest absolute Gasteiger partial charge is 0.408 e. The number of aromatic hydroxyl groups is 2. The van der Waals surface area contributed by atoms with E-state index in [9.17, 15) is 29.4 Å². The van der Waals surface area contributed by atoms with Gasteiger partial charge >= 0.3 is 24.0 Å². The number of phenols is 2. The third-order valence-electron chi connectivity index (χ3n) is 17.2. The van der Waals surface area contributed by atoms with Gasteiger partial charge in [0.05, 0.1) is 5.57 Å². The standard InChI is InChI=1S/C57H71NO11/c1-33(2)11-9-10-12-34-14-18-41-39-17-13-35-29-38(21-27-56(35,8)42(39)24-28-55(34,41)7)66-50(62)46(58-52(64)69-53(3,4)5)32-65-51(63)54(6)25-22-40-43(23-26-54)57(68-49(40)61)44-19-15-36(59)30-47(44)67-48-31-37(60)16-20-45(48)57/h13,15-16,19-20,22-23,25-26,30-31,33-34,38-39,41-42,46,59-60H,9-12,14,17-18,21,24,27-29,32H2,1-8H3,(H,58,64). The molecule has 2 aromatic carbocycles. The molecule has 0 radical (unpaired) electrons. The van der Waals surface area contributed by atoms with Gasteiger partial charge in [0, 0.05) is 35.3 Å². The number of phenolic OH excluding ortho intramolecular Hbond substituents is 2. The molecule has 370 valence electrons. The number of esters is 3. The largest absolute Gasteiger partial charge is 0.508 e. The van der Waals surface area contributed by atoms with Crippen molar-refractivity contribution >= 4 is 24.0 Å². The summed E-state index contributed by atoms with van der Waals surface area (Å²) in [5.74, 6) is 1.81. The van der Waals surface area contributed by atoms with E-state index >= 15 is 0 Å². The molecule has 1 spiro atoms. The van der Waals surface area contributed by atoms with Crippen molar-refractivity contribution < 1.29 is 53.1 Å². The van der Waals surface area contributed by atoms with Gasteiger partial charge < -0.3 is 39.2 Å². The lowest BCUT2D eigenvalue weighted by Crippen LogP contribution is -2.51. The van der Waals surface area contributed by atoms with Crippen LogP contribution in [-0.2, 0) is 38.9 Å². The number of ether oxygens (including phenoxy) is 5. The average molecular weight is 946 g/mol. The fraction of sp³-hybridized carbons (Fsp3) is 0.579. The number of carbonyl (C=O) groups is 4. The second-order valence-electron chi connectivity index (χ2n) is 23.2. The van der Waals surface area contributed by atoms with Gasteiger partial charge in [0.15, 0.2) is 11.6 Å². The predicted octanol–water partition coefficient (Wildman–Crippen LogP) is 11.6. The van der Waals surface area contributed by atoms with Crippen LogP contribution in [0.3, 0.4) is 0 Å². The number of allylic oxidation sites excluding steroid dienone is 1. The summed E-state index contributed by atoms with van der Waals surface area (Å²) in [5, 5.41) is 23.3. The molecule has 7 aliphatic rings. The SMILES string of the molecule is CC(C)CCCCC1CCC2C3CC=C4CC(OC(=O)C(COC(=O)C5(C)C=CC6=C(C=C5)C5(OC6=O)c6ccc(O)cc6Oc6cc(O)ccc65)NC(=O)OC(C)(C)C)CCC4(C)C3CCC12C. The van der Waals surface area contributed by atoms with Gasteiger partial charge in [0.1, 0.15) is 46.7 Å². The summed E-state index contributed by atoms with van der Waals surface area (Å²) in [6.45, 7) is 15.9. The summed E-state index contributed by atoms with van der Waals surface area (Å²) in [7, 11) is 0. The maximum Gasteiger partial charge on any atom is 0.408 e. The molecular weight excluding hydrogens is 875 g/mol. The lowest BCUT2D eigenvalue weighted by atomic mass is 9.47. The molecule has 0 aromatic heterocycles. The van der Waals surface area contributed by atoms with Crippen molar-refractivity contribution in [1.82, 2.24) is 5.32 Å². The van der Waals surface area contributed by atoms with Gasteiger partial charge in [-0.05, 0) is 150 Å². The van der Waals surface area contributed by atoms with Crippen LogP contribution in [0.15, 0.2) is 83.5 Å². The van der Waals surface area contributed by atoms with Gasteiger partial charge in [-0.15, -0.1) is 0 Å². The molecule has 1 amide bonds. The minimum Gasteiger partial charge on any atom is -0.508 e. The Labute approximate surface area is 406 Å². The Balaban J connectivity index is 0.887. The summed E-state index contributed by atoms with van der Waals surface area (Å²) in [6, 6.07) is 7.57. The molecule has 9 unspecified atom stereocenters. The number of unbranched alkanes of at least 4 members (excludes halogenated alkanes) is 1. The molecule has 2 aromatic rings. The van der Waals surface area contributed by atoms with E-state index in [0.29, 0.717) is 46.8 Å². The van der Waals surface area contributed by atoms with Crippen molar-refractivity contribution in [2.75, 3.05) is 6.61 Å². The van der Waals surface area contributed by atoms with E-state index in [1.165, 1.54) is 93.4 Å². The van der Waals surface area contributed by atoms with Crippen LogP contribution >= 0.6 is 0 Å². The summed E-state index contributed by atoms with van der Waals surface area (Å²) < 4.78 is 29.9. The monoisotopic (exact) mass is 946 g/mol. The first kappa shape index (κ1) is 48.5. The van der Waals surface area contributed by atoms with Crippen LogP contribution in [0, 0.1) is 45.8 Å². The Morgan fingerprint density at radius 2 is 1.58 bits per heavy atom. The van der Waals surface area contributed by atoms with Crippen LogP contribution in [0.4, 0.5) is 4.79 Å². The highest BCUT2D eigenvalue weighted by atomic mass is 16.6. The zero-order chi connectivity index (χ0) is 49.3. The van der Waals surface area contributed by atoms with Gasteiger partial charge in [-0.1, -0.05) is 76.8 Å². The first-order valence-electron chi connectivity index (χ1n) is 25.4. The third-order valence-corrected chi connectivity index (χ3v) is 17.2. The second-order valence-corrected chi connectivity index (χ2v) is 23.2. The van der Waals surface area contributed by atoms with Crippen LogP contribution in [0.25, 0.3) is 0 Å². The Kier molecular flexibility index (Phi) is 12.7. The van der Waals surface area contributed by atoms with Gasteiger partial charge in [-0.3, -0.25) is 4.79 Å². The predicted molar refractivity (Wildman–Crippen MR) is 259 cm³/mol.